The highest BCUT2D eigenvalue weighted by Gasteiger charge is 2.24. The molecule has 0 aromatic rings. The van der Waals surface area contributed by atoms with E-state index in [4.69, 9.17) is 11.5 Å². The second kappa shape index (κ2) is 4.70. The molecule has 0 fully saturated rings. The normalized spacial score (nSPS) is 19.4. The van der Waals surface area contributed by atoms with Crippen LogP contribution in [-0.2, 0) is 0 Å². The van der Waals surface area contributed by atoms with Gasteiger partial charge in [-0.1, -0.05) is 19.8 Å². The largest absolute Gasteiger partial charge is 0.374 e. The van der Waals surface area contributed by atoms with E-state index in [1.807, 2.05) is 0 Å². The monoisotopic (exact) mass is 159 g/mol. The molecule has 0 aromatic heterocycles. The molecule has 5 N–H and O–H groups in total. The maximum atomic E-state index is 9.41. The Balaban J connectivity index is 3.55. The zero-order chi connectivity index (χ0) is 8.91. The molecule has 3 nitrogen and oxygen atoms in total. The molecule has 0 saturated heterocycles. The summed E-state index contributed by atoms with van der Waals surface area (Å²) in [6, 6.07) is -0.598. The molecule has 0 rings (SSSR count). The summed E-state index contributed by atoms with van der Waals surface area (Å²) < 4.78 is 0. The van der Waals surface area contributed by atoms with Crippen molar-refractivity contribution in [3.8, 4) is 0 Å². The second-order valence-corrected chi connectivity index (χ2v) is 3.05. The van der Waals surface area contributed by atoms with E-state index in [1.165, 1.54) is 0 Å². The zero-order valence-electron chi connectivity index (χ0n) is 7.21. The lowest BCUT2D eigenvalue weighted by atomic mass is 10.00. The first-order valence-electron chi connectivity index (χ1n) is 4.10. The van der Waals surface area contributed by atoms with Gasteiger partial charge in [0.1, 0.15) is 5.72 Å². The predicted octanol–water partition coefficient (Wildman–Crippen LogP) is 0.375. The number of rotatable bonds is 5. The standard InChI is InChI=1S/C8H19N2O/c1-3-4-5-6-8(10,11)7(2)9/h7,11H,2-6,9-10H2,1H3. The van der Waals surface area contributed by atoms with Crippen molar-refractivity contribution in [2.45, 2.75) is 44.4 Å². The van der Waals surface area contributed by atoms with Crippen LogP contribution in [-0.4, -0.2) is 16.9 Å². The molecule has 0 heterocycles. The van der Waals surface area contributed by atoms with Gasteiger partial charge >= 0.3 is 0 Å². The number of nitrogens with two attached hydrogens (primary N) is 2. The van der Waals surface area contributed by atoms with E-state index in [0.717, 1.165) is 19.3 Å². The fourth-order valence-corrected chi connectivity index (χ4v) is 0.844. The molecule has 0 spiro atoms. The van der Waals surface area contributed by atoms with Gasteiger partial charge in [-0.15, -0.1) is 0 Å². The first kappa shape index (κ1) is 10.9. The Bertz CT molecular complexity index is 102. The van der Waals surface area contributed by atoms with Gasteiger partial charge in [-0.3, -0.25) is 0 Å². The van der Waals surface area contributed by atoms with E-state index >= 15 is 0 Å². The van der Waals surface area contributed by atoms with Crippen molar-refractivity contribution in [1.82, 2.24) is 0 Å². The highest BCUT2D eigenvalue weighted by atomic mass is 16.3. The predicted molar refractivity (Wildman–Crippen MR) is 46.6 cm³/mol. The molecule has 0 aliphatic carbocycles. The molecular weight excluding hydrogens is 140 g/mol. The molecular formula is C8H19N2O. The van der Waals surface area contributed by atoms with Gasteiger partial charge in [0.15, 0.2) is 0 Å². The summed E-state index contributed by atoms with van der Waals surface area (Å²) in [6.45, 7) is 5.59. The van der Waals surface area contributed by atoms with Gasteiger partial charge in [-0.2, -0.15) is 0 Å². The number of hydrogen-bond donors (Lipinski definition) is 3. The lowest BCUT2D eigenvalue weighted by Gasteiger charge is -2.26. The molecule has 0 amide bonds. The fourth-order valence-electron chi connectivity index (χ4n) is 0.844. The fraction of sp³-hybridized carbons (Fsp3) is 0.875. The first-order valence-corrected chi connectivity index (χ1v) is 4.10. The lowest BCUT2D eigenvalue weighted by molar-refractivity contribution is 0.0223. The summed E-state index contributed by atoms with van der Waals surface area (Å²) in [5.41, 5.74) is 9.55. The summed E-state index contributed by atoms with van der Waals surface area (Å²) in [5, 5.41) is 9.41. The molecule has 1 radical (unpaired) electrons. The van der Waals surface area contributed by atoms with Gasteiger partial charge in [-0.25, -0.2) is 0 Å². The van der Waals surface area contributed by atoms with E-state index in [1.54, 1.807) is 0 Å². The molecule has 0 aliphatic rings. The minimum Gasteiger partial charge on any atom is -0.374 e. The average molecular weight is 159 g/mol. The van der Waals surface area contributed by atoms with E-state index in [0.29, 0.717) is 6.42 Å². The van der Waals surface area contributed by atoms with Crippen molar-refractivity contribution in [2.75, 3.05) is 0 Å². The Morgan fingerprint density at radius 2 is 2.09 bits per heavy atom. The maximum absolute atomic E-state index is 9.41. The highest BCUT2D eigenvalue weighted by Crippen LogP contribution is 2.11. The molecule has 0 bridgehead atoms. The maximum Gasteiger partial charge on any atom is 0.128 e. The van der Waals surface area contributed by atoms with Gasteiger partial charge in [-0.05, 0) is 19.8 Å². The van der Waals surface area contributed by atoms with Crippen LogP contribution >= 0.6 is 0 Å². The summed E-state index contributed by atoms with van der Waals surface area (Å²) >= 11 is 0. The van der Waals surface area contributed by atoms with Crippen molar-refractivity contribution in [3.05, 3.63) is 6.92 Å². The molecule has 0 saturated carbocycles. The second-order valence-electron chi connectivity index (χ2n) is 3.05. The quantitative estimate of drug-likeness (QED) is 0.401. The summed E-state index contributed by atoms with van der Waals surface area (Å²) in [7, 11) is 0. The van der Waals surface area contributed by atoms with Crippen molar-refractivity contribution >= 4 is 0 Å². The van der Waals surface area contributed by atoms with Crippen LogP contribution in [0.3, 0.4) is 0 Å². The first-order chi connectivity index (χ1) is 5.00. The Hall–Kier alpha value is -0.120. The van der Waals surface area contributed by atoms with Crippen LogP contribution in [0.2, 0.25) is 0 Å². The van der Waals surface area contributed by atoms with E-state index < -0.39 is 11.8 Å². The Labute approximate surface area is 68.8 Å². The molecule has 3 heteroatoms. The van der Waals surface area contributed by atoms with Gasteiger partial charge in [0.2, 0.25) is 0 Å². The van der Waals surface area contributed by atoms with Crippen LogP contribution in [0.15, 0.2) is 0 Å². The Kier molecular flexibility index (Phi) is 4.65. The van der Waals surface area contributed by atoms with Crippen LogP contribution in [0.5, 0.6) is 0 Å². The minimum atomic E-state index is -1.28. The van der Waals surface area contributed by atoms with Crippen LogP contribution in [0, 0.1) is 6.92 Å². The number of unbranched alkanes of at least 4 members (excludes halogenated alkanes) is 2. The third kappa shape index (κ3) is 4.35. The third-order valence-corrected chi connectivity index (χ3v) is 1.82. The SMILES string of the molecule is [CH2]C(N)C(N)(O)CCCCC. The number of hydrogen-bond acceptors (Lipinski definition) is 3. The van der Waals surface area contributed by atoms with E-state index in [-0.39, 0.29) is 0 Å². The van der Waals surface area contributed by atoms with Crippen LogP contribution in [0.25, 0.3) is 0 Å². The van der Waals surface area contributed by atoms with Gasteiger partial charge in [0.05, 0.1) is 0 Å². The summed E-state index contributed by atoms with van der Waals surface area (Å²) in [5.74, 6) is 0. The van der Waals surface area contributed by atoms with Crippen molar-refractivity contribution in [2.24, 2.45) is 11.5 Å². The summed E-state index contributed by atoms with van der Waals surface area (Å²) in [6.07, 6.45) is 3.63. The van der Waals surface area contributed by atoms with Gasteiger partial charge in [0.25, 0.3) is 0 Å². The van der Waals surface area contributed by atoms with Crippen molar-refractivity contribution in [3.63, 3.8) is 0 Å². The summed E-state index contributed by atoms with van der Waals surface area (Å²) in [4.78, 5) is 0. The van der Waals surface area contributed by atoms with E-state index in [9.17, 15) is 5.11 Å². The van der Waals surface area contributed by atoms with E-state index in [2.05, 4.69) is 13.8 Å². The van der Waals surface area contributed by atoms with Gasteiger partial charge < -0.3 is 16.6 Å². The van der Waals surface area contributed by atoms with Crippen molar-refractivity contribution < 1.29 is 5.11 Å². The molecule has 2 unspecified atom stereocenters. The molecule has 2 atom stereocenters. The van der Waals surface area contributed by atoms with Crippen LogP contribution in [0.1, 0.15) is 32.6 Å². The van der Waals surface area contributed by atoms with Crippen molar-refractivity contribution in [1.29, 1.82) is 0 Å². The molecule has 67 valence electrons. The Morgan fingerprint density at radius 1 is 1.55 bits per heavy atom. The van der Waals surface area contributed by atoms with Gasteiger partial charge in [0, 0.05) is 6.04 Å². The molecule has 11 heavy (non-hydrogen) atoms. The Morgan fingerprint density at radius 3 is 2.45 bits per heavy atom. The lowest BCUT2D eigenvalue weighted by Crippen LogP contribution is -2.53. The smallest absolute Gasteiger partial charge is 0.128 e. The topological polar surface area (TPSA) is 72.3 Å². The minimum absolute atomic E-state index is 0.533. The third-order valence-electron chi connectivity index (χ3n) is 1.82. The highest BCUT2D eigenvalue weighted by molar-refractivity contribution is 4.85. The van der Waals surface area contributed by atoms with Crippen LogP contribution < -0.4 is 11.5 Å². The molecule has 0 aliphatic heterocycles. The average Bonchev–Trinajstić information content (AvgIpc) is 1.88. The molecule has 0 aromatic carbocycles. The number of aliphatic hydroxyl groups is 1. The van der Waals surface area contributed by atoms with Crippen LogP contribution in [0.4, 0.5) is 0 Å². The zero-order valence-corrected chi connectivity index (χ0v) is 7.21.